The van der Waals surface area contributed by atoms with E-state index in [1.807, 2.05) is 5.48 Å². The first-order valence-electron chi connectivity index (χ1n) is 3.35. The molecule has 7 heteroatoms. The monoisotopic (exact) mass is 180 g/mol. The third-order valence-electron chi connectivity index (χ3n) is 1.61. The number of nitrogens with one attached hydrogen (secondary N) is 1. The van der Waals surface area contributed by atoms with E-state index < -0.39 is 0 Å². The highest BCUT2D eigenvalue weighted by atomic mass is 16.6. The molecule has 0 fully saturated rings. The molecule has 0 unspecified atom stereocenters. The van der Waals surface area contributed by atoms with Crippen molar-refractivity contribution in [1.29, 1.82) is 0 Å². The van der Waals surface area contributed by atoms with E-state index in [1.54, 1.807) is 0 Å². The molecule has 0 amide bonds. The van der Waals surface area contributed by atoms with E-state index in [0.29, 0.717) is 5.69 Å². The summed E-state index contributed by atoms with van der Waals surface area (Å²) < 4.78 is 4.40. The third kappa shape index (κ3) is 1.02. The fourth-order valence-electron chi connectivity index (χ4n) is 1.02. The molecule has 0 aliphatic rings. The van der Waals surface area contributed by atoms with Gasteiger partial charge in [0.2, 0.25) is 0 Å². The summed E-state index contributed by atoms with van der Waals surface area (Å²) in [7, 11) is 0. The van der Waals surface area contributed by atoms with Gasteiger partial charge in [0.15, 0.2) is 11.0 Å². The second-order valence-electron chi connectivity index (χ2n) is 2.30. The molecule has 2 aromatic rings. The lowest BCUT2D eigenvalue weighted by atomic mass is 10.2. The second-order valence-corrected chi connectivity index (χ2v) is 2.30. The Hall–Kier alpha value is -2.02. The van der Waals surface area contributed by atoms with Crippen molar-refractivity contribution in [3.05, 3.63) is 17.0 Å². The van der Waals surface area contributed by atoms with Crippen LogP contribution in [0.1, 0.15) is 0 Å². The summed E-state index contributed by atoms with van der Waals surface area (Å²) >= 11 is 0. The van der Waals surface area contributed by atoms with Gasteiger partial charge in [0.1, 0.15) is 5.69 Å². The first-order chi connectivity index (χ1) is 6.36. The molecule has 0 radical (unpaired) electrons. The number of fused-ring (bicyclic) bond motifs is 1. The van der Waals surface area contributed by atoms with E-state index in [-0.39, 0.29) is 16.7 Å². The Labute approximate surface area is 71.2 Å². The van der Waals surface area contributed by atoms with Crippen LogP contribution in [0, 0.1) is 4.91 Å². The van der Waals surface area contributed by atoms with Gasteiger partial charge in [-0.25, -0.2) is 4.63 Å². The highest BCUT2D eigenvalue weighted by Crippen LogP contribution is 2.28. The van der Waals surface area contributed by atoms with Crippen LogP contribution < -0.4 is 5.48 Å². The van der Waals surface area contributed by atoms with Crippen LogP contribution in [0.3, 0.4) is 0 Å². The number of benzene rings is 1. The predicted molar refractivity (Wildman–Crippen MR) is 42.7 cm³/mol. The lowest BCUT2D eigenvalue weighted by Gasteiger charge is -1.96. The lowest BCUT2D eigenvalue weighted by molar-refractivity contribution is 0.315. The Morgan fingerprint density at radius 1 is 1.38 bits per heavy atom. The van der Waals surface area contributed by atoms with Gasteiger partial charge in [-0.3, -0.25) is 10.7 Å². The van der Waals surface area contributed by atoms with Gasteiger partial charge < -0.3 is 0 Å². The Morgan fingerprint density at radius 2 is 2.15 bits per heavy atom. The van der Waals surface area contributed by atoms with E-state index in [9.17, 15) is 4.91 Å². The number of nitroso groups, excluding NO2 is 1. The van der Waals surface area contributed by atoms with Crippen LogP contribution in [0.5, 0.6) is 0 Å². The molecule has 13 heavy (non-hydrogen) atoms. The van der Waals surface area contributed by atoms with Crippen LogP contribution in [-0.2, 0) is 0 Å². The summed E-state index contributed by atoms with van der Waals surface area (Å²) in [6, 6.07) is 2.85. The van der Waals surface area contributed by atoms with Crippen molar-refractivity contribution < 1.29 is 9.84 Å². The quantitative estimate of drug-likeness (QED) is 0.535. The molecule has 0 bridgehead atoms. The highest BCUT2D eigenvalue weighted by Gasteiger charge is 2.11. The fourth-order valence-corrected chi connectivity index (χ4v) is 1.02. The molecule has 0 spiro atoms. The van der Waals surface area contributed by atoms with Crippen molar-refractivity contribution in [1.82, 2.24) is 10.3 Å². The zero-order valence-electron chi connectivity index (χ0n) is 6.26. The normalized spacial score (nSPS) is 10.2. The zero-order chi connectivity index (χ0) is 9.26. The minimum Gasteiger partial charge on any atom is -0.291 e. The largest absolute Gasteiger partial charge is 0.291 e. The minimum atomic E-state index is 0.121. The topological polar surface area (TPSA) is 101 Å². The molecule has 1 aromatic carbocycles. The molecule has 0 aliphatic carbocycles. The Morgan fingerprint density at radius 3 is 2.85 bits per heavy atom. The molecule has 0 atom stereocenters. The molecule has 66 valence electrons. The summed E-state index contributed by atoms with van der Waals surface area (Å²) in [6.45, 7) is 0. The van der Waals surface area contributed by atoms with Crippen LogP contribution in [-0.4, -0.2) is 15.5 Å². The molecule has 0 saturated carbocycles. The van der Waals surface area contributed by atoms with Crippen molar-refractivity contribution in [3.8, 4) is 0 Å². The maximum Gasteiger partial charge on any atom is 0.166 e. The average molecular weight is 180 g/mol. The second kappa shape index (κ2) is 2.79. The molecular weight excluding hydrogens is 176 g/mol. The van der Waals surface area contributed by atoms with E-state index in [0.717, 1.165) is 0 Å². The predicted octanol–water partition coefficient (Wildman–Crippen LogP) is 1.42. The van der Waals surface area contributed by atoms with Crippen LogP contribution in [0.25, 0.3) is 11.0 Å². The molecular formula is C6H4N4O3. The van der Waals surface area contributed by atoms with Crippen LogP contribution in [0.15, 0.2) is 21.9 Å². The number of hydrogen-bond acceptors (Lipinski definition) is 7. The van der Waals surface area contributed by atoms with E-state index >= 15 is 0 Å². The summed E-state index contributed by atoms with van der Waals surface area (Å²) in [5.74, 6) is 0. The molecule has 7 nitrogen and oxygen atoms in total. The van der Waals surface area contributed by atoms with Crippen LogP contribution >= 0.6 is 0 Å². The van der Waals surface area contributed by atoms with Gasteiger partial charge >= 0.3 is 0 Å². The highest BCUT2D eigenvalue weighted by molar-refractivity contribution is 5.94. The van der Waals surface area contributed by atoms with Gasteiger partial charge in [0.05, 0.1) is 5.69 Å². The lowest BCUT2D eigenvalue weighted by Crippen LogP contribution is -1.89. The van der Waals surface area contributed by atoms with Gasteiger partial charge in [-0.1, -0.05) is 0 Å². The number of hydrogen-bond donors (Lipinski definition) is 2. The Balaban J connectivity index is 2.81. The van der Waals surface area contributed by atoms with Gasteiger partial charge in [0.25, 0.3) is 0 Å². The van der Waals surface area contributed by atoms with Gasteiger partial charge in [-0.15, -0.1) is 4.91 Å². The van der Waals surface area contributed by atoms with Gasteiger partial charge in [0, 0.05) is 0 Å². The van der Waals surface area contributed by atoms with E-state index in [1.165, 1.54) is 12.1 Å². The molecule has 2 N–H and O–H groups in total. The Kier molecular flexibility index (Phi) is 1.64. The molecule has 1 heterocycles. The van der Waals surface area contributed by atoms with Crippen molar-refractivity contribution in [2.45, 2.75) is 0 Å². The summed E-state index contributed by atoms with van der Waals surface area (Å²) in [6.07, 6.45) is 0. The summed E-state index contributed by atoms with van der Waals surface area (Å²) in [5.41, 5.74) is 2.81. The molecule has 2 rings (SSSR count). The minimum absolute atomic E-state index is 0.121. The summed E-state index contributed by atoms with van der Waals surface area (Å²) in [4.78, 5) is 10.3. The zero-order valence-corrected chi connectivity index (χ0v) is 6.26. The standard InChI is InChI=1S/C6H4N4O3/c11-7-3-1-2-4(8-12)6-5(3)9-13-10-6/h1-2,7,11H. The molecule has 0 saturated heterocycles. The number of rotatable bonds is 2. The van der Waals surface area contributed by atoms with Gasteiger partial charge in [-0.2, -0.15) is 0 Å². The average Bonchev–Trinajstić information content (AvgIpc) is 2.64. The smallest absolute Gasteiger partial charge is 0.166 e. The van der Waals surface area contributed by atoms with E-state index in [4.69, 9.17) is 5.21 Å². The van der Waals surface area contributed by atoms with Gasteiger partial charge in [-0.05, 0) is 27.6 Å². The first kappa shape index (κ1) is 7.62. The van der Waals surface area contributed by atoms with Crippen molar-refractivity contribution in [2.24, 2.45) is 5.18 Å². The first-order valence-corrected chi connectivity index (χ1v) is 3.35. The van der Waals surface area contributed by atoms with Crippen LogP contribution in [0.2, 0.25) is 0 Å². The van der Waals surface area contributed by atoms with Crippen LogP contribution in [0.4, 0.5) is 11.4 Å². The van der Waals surface area contributed by atoms with E-state index in [2.05, 4.69) is 20.1 Å². The van der Waals surface area contributed by atoms with Crippen molar-refractivity contribution >= 4 is 22.4 Å². The molecule has 0 aliphatic heterocycles. The summed E-state index contributed by atoms with van der Waals surface area (Å²) in [5, 5.41) is 18.3. The number of nitrogens with zero attached hydrogens (tertiary/aromatic N) is 3. The maximum atomic E-state index is 10.3. The SMILES string of the molecule is O=Nc1ccc(NO)c2nonc12. The van der Waals surface area contributed by atoms with Crippen molar-refractivity contribution in [2.75, 3.05) is 5.48 Å². The van der Waals surface area contributed by atoms with Crippen molar-refractivity contribution in [3.63, 3.8) is 0 Å². The third-order valence-corrected chi connectivity index (χ3v) is 1.61. The maximum absolute atomic E-state index is 10.3. The molecule has 1 aromatic heterocycles. The number of aromatic nitrogens is 2. The Bertz CT molecular complexity index is 452. The fraction of sp³-hybridized carbons (Fsp3) is 0. The number of anilines is 1.